The maximum atomic E-state index is 12.3. The minimum atomic E-state index is -0.383. The van der Waals surface area contributed by atoms with E-state index in [0.29, 0.717) is 16.0 Å². The molecule has 22 heavy (non-hydrogen) atoms. The lowest BCUT2D eigenvalue weighted by Crippen LogP contribution is -2.49. The highest BCUT2D eigenvalue weighted by molar-refractivity contribution is 6.42. The number of halogens is 2. The molecule has 1 amide bonds. The molecule has 0 aromatic heterocycles. The number of carbonyl (C=O) groups excluding carboxylic acids is 1. The first-order valence-electron chi connectivity index (χ1n) is 7.86. The molecule has 1 atom stereocenters. The minimum Gasteiger partial charge on any atom is -0.341 e. The van der Waals surface area contributed by atoms with Crippen LogP contribution in [0.5, 0.6) is 0 Å². The smallest absolute Gasteiger partial charge is 0.239 e. The van der Waals surface area contributed by atoms with Crippen LogP contribution < -0.4 is 5.73 Å². The van der Waals surface area contributed by atoms with Crippen molar-refractivity contribution in [1.29, 1.82) is 0 Å². The molecule has 0 saturated carbocycles. The van der Waals surface area contributed by atoms with Crippen LogP contribution >= 0.6 is 23.2 Å². The number of rotatable bonds is 4. The first kappa shape index (κ1) is 17.6. The van der Waals surface area contributed by atoms with Crippen molar-refractivity contribution in [3.8, 4) is 0 Å². The summed E-state index contributed by atoms with van der Waals surface area (Å²) in [5, 5.41) is 1.20. The van der Waals surface area contributed by atoms with E-state index in [9.17, 15) is 4.79 Å². The van der Waals surface area contributed by atoms with Crippen LogP contribution in [0.3, 0.4) is 0 Å². The van der Waals surface area contributed by atoms with Gasteiger partial charge in [-0.15, -0.1) is 0 Å². The van der Waals surface area contributed by atoms with Crippen LogP contribution in [0.15, 0.2) is 18.2 Å². The zero-order valence-corrected chi connectivity index (χ0v) is 14.7. The molecule has 5 heteroatoms. The Labute approximate surface area is 142 Å². The number of nitrogens with zero attached hydrogens (tertiary/aromatic N) is 1. The Morgan fingerprint density at radius 1 is 1.27 bits per heavy atom. The van der Waals surface area contributed by atoms with Crippen molar-refractivity contribution in [2.45, 2.75) is 39.2 Å². The van der Waals surface area contributed by atoms with E-state index in [1.165, 1.54) is 5.56 Å². The van der Waals surface area contributed by atoms with Crippen LogP contribution in [0.25, 0.3) is 0 Å². The molecular weight excluding hydrogens is 319 g/mol. The van der Waals surface area contributed by atoms with Crippen molar-refractivity contribution in [2.75, 3.05) is 13.1 Å². The van der Waals surface area contributed by atoms with Gasteiger partial charge in [0.1, 0.15) is 0 Å². The lowest BCUT2D eigenvalue weighted by atomic mass is 9.89. The molecule has 0 spiro atoms. The third-order valence-electron chi connectivity index (χ3n) is 4.44. The molecule has 1 heterocycles. The summed E-state index contributed by atoms with van der Waals surface area (Å²) in [5.74, 6) is 0.848. The molecule has 0 radical (unpaired) electrons. The largest absolute Gasteiger partial charge is 0.341 e. The molecule has 1 fully saturated rings. The van der Waals surface area contributed by atoms with Crippen molar-refractivity contribution in [1.82, 2.24) is 4.90 Å². The number of hydrogen-bond acceptors (Lipinski definition) is 2. The highest BCUT2D eigenvalue weighted by Gasteiger charge is 2.27. The van der Waals surface area contributed by atoms with E-state index in [1.807, 2.05) is 36.9 Å². The summed E-state index contributed by atoms with van der Waals surface area (Å²) in [5.41, 5.74) is 7.17. The summed E-state index contributed by atoms with van der Waals surface area (Å²) in [6, 6.07) is 5.43. The molecule has 2 N–H and O–H groups in total. The lowest BCUT2D eigenvalue weighted by molar-refractivity contribution is -0.134. The number of likely N-dealkylation sites (tertiary alicyclic amines) is 1. The van der Waals surface area contributed by atoms with E-state index in [2.05, 4.69) is 0 Å². The fraction of sp³-hybridized carbons (Fsp3) is 0.588. The van der Waals surface area contributed by atoms with Crippen molar-refractivity contribution in [3.05, 3.63) is 33.8 Å². The maximum Gasteiger partial charge on any atom is 0.239 e. The summed E-state index contributed by atoms with van der Waals surface area (Å²) in [4.78, 5) is 14.2. The second kappa shape index (κ2) is 7.67. The first-order valence-corrected chi connectivity index (χ1v) is 8.62. The number of benzene rings is 1. The summed E-state index contributed by atoms with van der Waals surface area (Å²) >= 11 is 12.0. The van der Waals surface area contributed by atoms with E-state index < -0.39 is 0 Å². The Bertz CT molecular complexity index is 525. The summed E-state index contributed by atoms with van der Waals surface area (Å²) in [7, 11) is 0. The van der Waals surface area contributed by atoms with E-state index in [0.717, 1.165) is 32.4 Å². The van der Waals surface area contributed by atoms with Gasteiger partial charge in [-0.05, 0) is 48.8 Å². The van der Waals surface area contributed by atoms with Crippen molar-refractivity contribution >= 4 is 29.1 Å². The van der Waals surface area contributed by atoms with Gasteiger partial charge >= 0.3 is 0 Å². The van der Waals surface area contributed by atoms with Crippen molar-refractivity contribution in [2.24, 2.45) is 17.6 Å². The number of nitrogens with two attached hydrogens (primary N) is 1. The Morgan fingerprint density at radius 3 is 2.45 bits per heavy atom. The second-order valence-corrected chi connectivity index (χ2v) is 7.31. The number of piperidine rings is 1. The fourth-order valence-electron chi connectivity index (χ4n) is 2.85. The molecule has 0 unspecified atom stereocenters. The molecular formula is C17H24Cl2N2O. The molecule has 2 rings (SSSR count). The summed E-state index contributed by atoms with van der Waals surface area (Å²) in [6.45, 7) is 5.57. The van der Waals surface area contributed by atoms with Gasteiger partial charge in [-0.3, -0.25) is 4.79 Å². The predicted molar refractivity (Wildman–Crippen MR) is 92.3 cm³/mol. The minimum absolute atomic E-state index is 0.0861. The number of hydrogen-bond donors (Lipinski definition) is 1. The Morgan fingerprint density at radius 2 is 1.91 bits per heavy atom. The Balaban J connectivity index is 1.87. The zero-order chi connectivity index (χ0) is 16.3. The third kappa shape index (κ3) is 4.37. The van der Waals surface area contributed by atoms with Crippen molar-refractivity contribution < 1.29 is 4.79 Å². The fourth-order valence-corrected chi connectivity index (χ4v) is 3.17. The van der Waals surface area contributed by atoms with Gasteiger partial charge in [0.15, 0.2) is 0 Å². The monoisotopic (exact) mass is 342 g/mol. The van der Waals surface area contributed by atoms with Gasteiger partial charge in [0.25, 0.3) is 0 Å². The normalized spacial score (nSPS) is 17.8. The summed E-state index contributed by atoms with van der Waals surface area (Å²) < 4.78 is 0. The highest BCUT2D eigenvalue weighted by Crippen LogP contribution is 2.27. The lowest BCUT2D eigenvalue weighted by Gasteiger charge is -2.34. The van der Waals surface area contributed by atoms with Crippen LogP contribution in [0.1, 0.15) is 32.3 Å². The van der Waals surface area contributed by atoms with E-state index >= 15 is 0 Å². The topological polar surface area (TPSA) is 46.3 Å². The predicted octanol–water partition coefficient (Wildman–Crippen LogP) is 3.76. The molecule has 122 valence electrons. The molecule has 1 aromatic rings. The first-order chi connectivity index (χ1) is 10.4. The van der Waals surface area contributed by atoms with Gasteiger partial charge in [0.2, 0.25) is 5.91 Å². The van der Waals surface area contributed by atoms with Crippen LogP contribution in [0.4, 0.5) is 0 Å². The van der Waals surface area contributed by atoms with Gasteiger partial charge in [-0.2, -0.15) is 0 Å². The molecule has 0 bridgehead atoms. The molecule has 1 aliphatic rings. The van der Waals surface area contributed by atoms with Crippen LogP contribution in [-0.2, 0) is 11.2 Å². The molecule has 3 nitrogen and oxygen atoms in total. The van der Waals surface area contributed by atoms with Gasteiger partial charge in [0.05, 0.1) is 16.1 Å². The van der Waals surface area contributed by atoms with Crippen LogP contribution in [0, 0.1) is 11.8 Å². The van der Waals surface area contributed by atoms with Gasteiger partial charge < -0.3 is 10.6 Å². The average molecular weight is 343 g/mol. The van der Waals surface area contributed by atoms with Gasteiger partial charge in [-0.1, -0.05) is 43.1 Å². The number of carbonyl (C=O) groups is 1. The Hall–Kier alpha value is -0.770. The quantitative estimate of drug-likeness (QED) is 0.905. The van der Waals surface area contributed by atoms with Gasteiger partial charge in [0, 0.05) is 13.1 Å². The van der Waals surface area contributed by atoms with E-state index in [4.69, 9.17) is 28.9 Å². The number of amides is 1. The molecule has 1 aromatic carbocycles. The van der Waals surface area contributed by atoms with E-state index in [1.54, 1.807) is 0 Å². The Kier molecular flexibility index (Phi) is 6.13. The van der Waals surface area contributed by atoms with Crippen LogP contribution in [-0.4, -0.2) is 29.9 Å². The SMILES string of the molecule is CC(C)[C@H](N)C(=O)N1CCC(Cc2ccc(Cl)c(Cl)c2)CC1. The van der Waals surface area contributed by atoms with Crippen molar-refractivity contribution in [3.63, 3.8) is 0 Å². The molecule has 1 saturated heterocycles. The standard InChI is InChI=1S/C17H24Cl2N2O/c1-11(2)16(20)17(22)21-7-5-12(6-8-21)9-13-3-4-14(18)15(19)10-13/h3-4,10-12,16H,5-9,20H2,1-2H3/t16-/m0/s1. The molecule has 1 aliphatic heterocycles. The van der Waals surface area contributed by atoms with E-state index in [-0.39, 0.29) is 17.9 Å². The zero-order valence-electron chi connectivity index (χ0n) is 13.2. The molecule has 0 aliphatic carbocycles. The maximum absolute atomic E-state index is 12.3. The summed E-state index contributed by atoms with van der Waals surface area (Å²) in [6.07, 6.45) is 3.00. The van der Waals surface area contributed by atoms with Crippen LogP contribution in [0.2, 0.25) is 10.0 Å². The second-order valence-electron chi connectivity index (χ2n) is 6.49. The average Bonchev–Trinajstić information content (AvgIpc) is 2.50. The van der Waals surface area contributed by atoms with Gasteiger partial charge in [-0.25, -0.2) is 0 Å². The third-order valence-corrected chi connectivity index (χ3v) is 5.18. The highest BCUT2D eigenvalue weighted by atomic mass is 35.5.